The summed E-state index contributed by atoms with van der Waals surface area (Å²) in [6, 6.07) is 6.19. The Bertz CT molecular complexity index is 868. The number of aryl methyl sites for hydroxylation is 1. The lowest BCUT2D eigenvalue weighted by Gasteiger charge is -2.23. The Labute approximate surface area is 149 Å². The van der Waals surface area contributed by atoms with Gasteiger partial charge in [0.2, 0.25) is 0 Å². The van der Waals surface area contributed by atoms with Crippen LogP contribution in [-0.4, -0.2) is 25.7 Å². The highest BCUT2D eigenvalue weighted by atomic mass is 15.2. The zero-order chi connectivity index (χ0) is 17.4. The lowest BCUT2D eigenvalue weighted by molar-refractivity contribution is 0.423. The summed E-state index contributed by atoms with van der Waals surface area (Å²) in [4.78, 5) is 4.98. The second-order valence-corrected chi connectivity index (χ2v) is 8.10. The number of aromatic nitrogens is 4. The SMILES string of the molecule is CC(C)(C)c1cn2c(n1)[C@H](CNCc1cnn3ccccc13)CCC2. The zero-order valence-electron chi connectivity index (χ0n) is 15.4. The van der Waals surface area contributed by atoms with Gasteiger partial charge in [0.05, 0.1) is 17.4 Å². The summed E-state index contributed by atoms with van der Waals surface area (Å²) >= 11 is 0. The molecule has 3 aromatic heterocycles. The van der Waals surface area contributed by atoms with Crippen LogP contribution < -0.4 is 5.32 Å². The quantitative estimate of drug-likeness (QED) is 0.793. The third-order valence-corrected chi connectivity index (χ3v) is 5.11. The molecule has 0 fully saturated rings. The topological polar surface area (TPSA) is 47.2 Å². The average Bonchev–Trinajstić information content (AvgIpc) is 3.19. The lowest BCUT2D eigenvalue weighted by atomic mass is 9.93. The monoisotopic (exact) mass is 337 g/mol. The summed E-state index contributed by atoms with van der Waals surface area (Å²) in [6.45, 7) is 9.62. The average molecular weight is 337 g/mol. The number of hydrogen-bond donors (Lipinski definition) is 1. The van der Waals surface area contributed by atoms with Crippen molar-refractivity contribution in [2.75, 3.05) is 6.54 Å². The Kier molecular flexibility index (Phi) is 4.12. The van der Waals surface area contributed by atoms with Crippen molar-refractivity contribution in [2.24, 2.45) is 0 Å². The van der Waals surface area contributed by atoms with E-state index in [0.29, 0.717) is 5.92 Å². The maximum absolute atomic E-state index is 4.98. The van der Waals surface area contributed by atoms with Gasteiger partial charge in [-0.1, -0.05) is 26.8 Å². The van der Waals surface area contributed by atoms with Crippen LogP contribution in [0.1, 0.15) is 56.6 Å². The number of imidazole rings is 1. The number of rotatable bonds is 4. The molecule has 132 valence electrons. The van der Waals surface area contributed by atoms with E-state index >= 15 is 0 Å². The van der Waals surface area contributed by atoms with Crippen LogP contribution in [-0.2, 0) is 18.5 Å². The fourth-order valence-corrected chi connectivity index (χ4v) is 3.63. The van der Waals surface area contributed by atoms with Crippen molar-refractivity contribution in [1.29, 1.82) is 0 Å². The van der Waals surface area contributed by atoms with Gasteiger partial charge in [-0.3, -0.25) is 0 Å². The first kappa shape index (κ1) is 16.3. The molecule has 3 aromatic rings. The molecule has 25 heavy (non-hydrogen) atoms. The van der Waals surface area contributed by atoms with Crippen molar-refractivity contribution < 1.29 is 0 Å². The Balaban J connectivity index is 1.45. The fourth-order valence-electron chi connectivity index (χ4n) is 3.63. The molecule has 4 heterocycles. The summed E-state index contributed by atoms with van der Waals surface area (Å²) in [5.41, 5.74) is 3.74. The van der Waals surface area contributed by atoms with Crippen LogP contribution in [0.15, 0.2) is 36.8 Å². The van der Waals surface area contributed by atoms with Crippen LogP contribution in [0.4, 0.5) is 0 Å². The van der Waals surface area contributed by atoms with E-state index in [2.05, 4.69) is 54.1 Å². The normalized spacial score (nSPS) is 17.8. The number of pyridine rings is 1. The molecule has 5 nitrogen and oxygen atoms in total. The van der Waals surface area contributed by atoms with Crippen LogP contribution >= 0.6 is 0 Å². The van der Waals surface area contributed by atoms with Gasteiger partial charge in [-0.15, -0.1) is 0 Å². The highest BCUT2D eigenvalue weighted by Gasteiger charge is 2.26. The number of nitrogens with zero attached hydrogens (tertiary/aromatic N) is 4. The first-order valence-electron chi connectivity index (χ1n) is 9.22. The Morgan fingerprint density at radius 1 is 1.28 bits per heavy atom. The van der Waals surface area contributed by atoms with Crippen LogP contribution in [0.2, 0.25) is 0 Å². The van der Waals surface area contributed by atoms with Crippen molar-refractivity contribution in [3.63, 3.8) is 0 Å². The summed E-state index contributed by atoms with van der Waals surface area (Å²) in [5.74, 6) is 1.75. The summed E-state index contributed by atoms with van der Waals surface area (Å²) < 4.78 is 4.30. The van der Waals surface area contributed by atoms with Crippen LogP contribution in [0.25, 0.3) is 5.52 Å². The third-order valence-electron chi connectivity index (χ3n) is 5.11. The van der Waals surface area contributed by atoms with Gasteiger partial charge in [0.25, 0.3) is 0 Å². The van der Waals surface area contributed by atoms with Crippen molar-refractivity contribution >= 4 is 5.52 Å². The van der Waals surface area contributed by atoms with Crippen LogP contribution in [0.3, 0.4) is 0 Å². The van der Waals surface area contributed by atoms with Gasteiger partial charge < -0.3 is 9.88 Å². The van der Waals surface area contributed by atoms with E-state index in [1.165, 1.54) is 35.4 Å². The van der Waals surface area contributed by atoms with Gasteiger partial charge in [0.15, 0.2) is 0 Å². The zero-order valence-corrected chi connectivity index (χ0v) is 15.4. The summed E-state index contributed by atoms with van der Waals surface area (Å²) in [7, 11) is 0. The molecule has 1 aliphatic heterocycles. The standard InChI is InChI=1S/C20H27N5/c1-20(2,3)18-14-24-9-6-7-15(19(24)23-18)11-21-12-16-13-22-25-10-5-4-8-17(16)25/h4-5,8,10,13-15,21H,6-7,9,11-12H2,1-3H3/t15-/m0/s1. The minimum absolute atomic E-state index is 0.111. The molecular formula is C20H27N5. The van der Waals surface area contributed by atoms with Crippen LogP contribution in [0.5, 0.6) is 0 Å². The van der Waals surface area contributed by atoms with E-state index in [1.54, 1.807) is 0 Å². The van der Waals surface area contributed by atoms with E-state index in [1.807, 2.05) is 23.0 Å². The molecule has 0 saturated heterocycles. The summed E-state index contributed by atoms with van der Waals surface area (Å²) in [5, 5.41) is 8.04. The molecule has 4 rings (SSSR count). The van der Waals surface area contributed by atoms with E-state index in [4.69, 9.17) is 4.98 Å². The Hall–Kier alpha value is -2.14. The molecule has 0 saturated carbocycles. The molecular weight excluding hydrogens is 310 g/mol. The second-order valence-electron chi connectivity index (χ2n) is 8.10. The van der Waals surface area contributed by atoms with Crippen molar-refractivity contribution in [1.82, 2.24) is 24.5 Å². The van der Waals surface area contributed by atoms with Gasteiger partial charge in [-0.05, 0) is 25.0 Å². The van der Waals surface area contributed by atoms with Crippen molar-refractivity contribution in [3.05, 3.63) is 53.9 Å². The van der Waals surface area contributed by atoms with Gasteiger partial charge in [0, 0.05) is 48.9 Å². The number of hydrogen-bond acceptors (Lipinski definition) is 3. The van der Waals surface area contributed by atoms with Crippen molar-refractivity contribution in [3.8, 4) is 0 Å². The fraction of sp³-hybridized carbons (Fsp3) is 0.500. The van der Waals surface area contributed by atoms with Gasteiger partial charge in [-0.2, -0.15) is 5.10 Å². The Morgan fingerprint density at radius 2 is 2.16 bits per heavy atom. The van der Waals surface area contributed by atoms with E-state index in [-0.39, 0.29) is 5.41 Å². The molecule has 0 unspecified atom stereocenters. The predicted octanol–water partition coefficient (Wildman–Crippen LogP) is 3.50. The molecule has 0 aromatic carbocycles. The van der Waals surface area contributed by atoms with Crippen LogP contribution in [0, 0.1) is 0 Å². The van der Waals surface area contributed by atoms with E-state index in [0.717, 1.165) is 19.6 Å². The molecule has 0 aliphatic carbocycles. The molecule has 0 radical (unpaired) electrons. The number of fused-ring (bicyclic) bond motifs is 2. The van der Waals surface area contributed by atoms with E-state index < -0.39 is 0 Å². The largest absolute Gasteiger partial charge is 0.334 e. The molecule has 0 bridgehead atoms. The maximum Gasteiger partial charge on any atom is 0.113 e. The van der Waals surface area contributed by atoms with Crippen molar-refractivity contribution in [2.45, 2.75) is 58.0 Å². The molecule has 5 heteroatoms. The van der Waals surface area contributed by atoms with Gasteiger partial charge in [-0.25, -0.2) is 9.50 Å². The minimum atomic E-state index is 0.111. The highest BCUT2D eigenvalue weighted by Crippen LogP contribution is 2.30. The predicted molar refractivity (Wildman–Crippen MR) is 99.8 cm³/mol. The molecule has 1 atom stereocenters. The maximum atomic E-state index is 4.98. The van der Waals surface area contributed by atoms with Gasteiger partial charge in [0.1, 0.15) is 5.82 Å². The third kappa shape index (κ3) is 3.21. The number of nitrogens with one attached hydrogen (secondary N) is 1. The molecule has 1 aliphatic rings. The Morgan fingerprint density at radius 3 is 3.00 bits per heavy atom. The summed E-state index contributed by atoms with van der Waals surface area (Å²) in [6.07, 6.45) is 8.65. The smallest absolute Gasteiger partial charge is 0.113 e. The molecule has 0 amide bonds. The first-order valence-corrected chi connectivity index (χ1v) is 9.22. The van der Waals surface area contributed by atoms with E-state index in [9.17, 15) is 0 Å². The van der Waals surface area contributed by atoms with Gasteiger partial charge >= 0.3 is 0 Å². The minimum Gasteiger partial charge on any atom is -0.334 e. The molecule has 1 N–H and O–H groups in total. The molecule has 0 spiro atoms. The highest BCUT2D eigenvalue weighted by molar-refractivity contribution is 5.53. The first-order chi connectivity index (χ1) is 12.0. The lowest BCUT2D eigenvalue weighted by Crippen LogP contribution is -2.26. The second kappa shape index (κ2) is 6.30.